The molecule has 0 atom stereocenters. The van der Waals surface area contributed by atoms with Crippen molar-refractivity contribution in [3.63, 3.8) is 0 Å². The Labute approximate surface area is 115 Å². The Kier molecular flexibility index (Phi) is 4.31. The molecule has 0 N–H and O–H groups in total. The van der Waals surface area contributed by atoms with Gasteiger partial charge in [0, 0.05) is 10.6 Å². The highest BCUT2D eigenvalue weighted by molar-refractivity contribution is 6.33. The third-order valence-corrected chi connectivity index (χ3v) is 2.78. The highest BCUT2D eigenvalue weighted by Crippen LogP contribution is 2.16. The van der Waals surface area contributed by atoms with Crippen LogP contribution >= 0.6 is 11.6 Å². The minimum absolute atomic E-state index is 0.293. The van der Waals surface area contributed by atoms with Gasteiger partial charge in [-0.25, -0.2) is 0 Å². The van der Waals surface area contributed by atoms with Crippen LogP contribution in [-0.2, 0) is 11.4 Å². The van der Waals surface area contributed by atoms with E-state index in [9.17, 15) is 9.59 Å². The highest BCUT2D eigenvalue weighted by atomic mass is 35.5. The molecule has 4 heteroatoms. The lowest BCUT2D eigenvalue weighted by molar-refractivity contribution is -0.104. The molecule has 3 nitrogen and oxygen atoms in total. The third kappa shape index (κ3) is 3.66. The first kappa shape index (κ1) is 13.3. The van der Waals surface area contributed by atoms with Crippen LogP contribution in [0.3, 0.4) is 0 Å². The molecule has 0 aliphatic carbocycles. The van der Waals surface area contributed by atoms with Crippen LogP contribution in [0.2, 0.25) is 5.02 Å². The second kappa shape index (κ2) is 6.16. The molecule has 0 heterocycles. The molecule has 2 aromatic rings. The van der Waals surface area contributed by atoms with Crippen LogP contribution in [0.4, 0.5) is 0 Å². The van der Waals surface area contributed by atoms with Crippen LogP contribution in [0.1, 0.15) is 15.9 Å². The molecule has 96 valence electrons. The van der Waals surface area contributed by atoms with Gasteiger partial charge in [-0.05, 0) is 42.0 Å². The van der Waals surface area contributed by atoms with Crippen molar-refractivity contribution in [3.05, 3.63) is 64.7 Å². The van der Waals surface area contributed by atoms with Crippen LogP contribution in [0.5, 0.6) is 5.75 Å². The Bertz CT molecular complexity index is 591. The SMILES string of the molecule is O=CC(=O)c1ccc(OCc2cccc(Cl)c2)cc1. The van der Waals surface area contributed by atoms with Gasteiger partial charge in [0.15, 0.2) is 6.29 Å². The van der Waals surface area contributed by atoms with E-state index in [0.29, 0.717) is 29.2 Å². The van der Waals surface area contributed by atoms with E-state index in [1.54, 1.807) is 30.3 Å². The van der Waals surface area contributed by atoms with E-state index < -0.39 is 5.78 Å². The molecule has 0 aromatic heterocycles. The smallest absolute Gasteiger partial charge is 0.225 e. The number of benzene rings is 2. The lowest BCUT2D eigenvalue weighted by Gasteiger charge is -2.06. The van der Waals surface area contributed by atoms with E-state index in [0.717, 1.165) is 5.56 Å². The summed E-state index contributed by atoms with van der Waals surface area (Å²) in [4.78, 5) is 21.5. The predicted octanol–water partition coefficient (Wildman–Crippen LogP) is 3.30. The Morgan fingerprint density at radius 1 is 1.16 bits per heavy atom. The van der Waals surface area contributed by atoms with Gasteiger partial charge in [0.1, 0.15) is 12.4 Å². The molecule has 0 saturated heterocycles. The van der Waals surface area contributed by atoms with Gasteiger partial charge in [-0.15, -0.1) is 0 Å². The van der Waals surface area contributed by atoms with Crippen molar-refractivity contribution in [1.82, 2.24) is 0 Å². The summed E-state index contributed by atoms with van der Waals surface area (Å²) >= 11 is 5.87. The first-order chi connectivity index (χ1) is 9.19. The van der Waals surface area contributed by atoms with Gasteiger partial charge in [-0.2, -0.15) is 0 Å². The number of ketones is 1. The first-order valence-electron chi connectivity index (χ1n) is 5.66. The summed E-state index contributed by atoms with van der Waals surface area (Å²) in [5.74, 6) is 0.0869. The van der Waals surface area contributed by atoms with E-state index in [4.69, 9.17) is 16.3 Å². The molecule has 0 spiro atoms. The molecule has 19 heavy (non-hydrogen) atoms. The predicted molar refractivity (Wildman–Crippen MR) is 72.6 cm³/mol. The Morgan fingerprint density at radius 3 is 2.53 bits per heavy atom. The molecule has 0 fully saturated rings. The van der Waals surface area contributed by atoms with Gasteiger partial charge < -0.3 is 4.74 Å². The van der Waals surface area contributed by atoms with Crippen LogP contribution < -0.4 is 4.74 Å². The number of rotatable bonds is 5. The van der Waals surface area contributed by atoms with Crippen LogP contribution in [0, 0.1) is 0 Å². The number of ether oxygens (including phenoxy) is 1. The summed E-state index contributed by atoms with van der Waals surface area (Å²) in [6, 6.07) is 13.8. The van der Waals surface area contributed by atoms with Crippen molar-refractivity contribution in [3.8, 4) is 5.75 Å². The quantitative estimate of drug-likeness (QED) is 0.477. The molecule has 0 radical (unpaired) electrons. The maximum Gasteiger partial charge on any atom is 0.225 e. The number of carbonyl (C=O) groups excluding carboxylic acids is 2. The minimum atomic E-state index is -0.540. The van der Waals surface area contributed by atoms with Crippen molar-refractivity contribution in [2.45, 2.75) is 6.61 Å². The number of carbonyl (C=O) groups is 2. The largest absolute Gasteiger partial charge is 0.489 e. The van der Waals surface area contributed by atoms with Crippen molar-refractivity contribution in [2.75, 3.05) is 0 Å². The Hall–Kier alpha value is -2.13. The van der Waals surface area contributed by atoms with Crippen molar-refractivity contribution < 1.29 is 14.3 Å². The zero-order valence-corrected chi connectivity index (χ0v) is 10.8. The van der Waals surface area contributed by atoms with Crippen LogP contribution in [0.25, 0.3) is 0 Å². The second-order valence-electron chi connectivity index (χ2n) is 3.93. The number of hydrogen-bond donors (Lipinski definition) is 0. The number of hydrogen-bond acceptors (Lipinski definition) is 3. The molecule has 0 saturated carbocycles. The van der Waals surface area contributed by atoms with Crippen molar-refractivity contribution in [2.24, 2.45) is 0 Å². The third-order valence-electron chi connectivity index (χ3n) is 2.54. The van der Waals surface area contributed by atoms with Gasteiger partial charge in [0.2, 0.25) is 5.78 Å². The molecular formula is C15H11ClO3. The van der Waals surface area contributed by atoms with Gasteiger partial charge >= 0.3 is 0 Å². The van der Waals surface area contributed by atoms with E-state index in [1.807, 2.05) is 18.2 Å². The van der Waals surface area contributed by atoms with Crippen LogP contribution in [0.15, 0.2) is 48.5 Å². The molecule has 2 aromatic carbocycles. The van der Waals surface area contributed by atoms with E-state index in [-0.39, 0.29) is 0 Å². The van der Waals surface area contributed by atoms with Gasteiger partial charge in [-0.1, -0.05) is 23.7 Å². The molecular weight excluding hydrogens is 264 g/mol. The van der Waals surface area contributed by atoms with Gasteiger partial charge in [0.05, 0.1) is 0 Å². The average Bonchev–Trinajstić information content (AvgIpc) is 2.45. The van der Waals surface area contributed by atoms with Crippen molar-refractivity contribution >= 4 is 23.7 Å². The fourth-order valence-corrected chi connectivity index (χ4v) is 1.79. The summed E-state index contributed by atoms with van der Waals surface area (Å²) in [6.07, 6.45) is 0.293. The van der Waals surface area contributed by atoms with E-state index in [1.165, 1.54) is 0 Å². The zero-order chi connectivity index (χ0) is 13.7. The number of aldehydes is 1. The number of halogens is 1. The summed E-state index contributed by atoms with van der Waals surface area (Å²) in [5, 5.41) is 0.660. The highest BCUT2D eigenvalue weighted by Gasteiger charge is 2.03. The lowest BCUT2D eigenvalue weighted by Crippen LogP contribution is -2.00. The fraction of sp³-hybridized carbons (Fsp3) is 0.0667. The molecule has 0 bridgehead atoms. The van der Waals surface area contributed by atoms with Gasteiger partial charge in [-0.3, -0.25) is 9.59 Å². The van der Waals surface area contributed by atoms with E-state index in [2.05, 4.69) is 0 Å². The topological polar surface area (TPSA) is 43.4 Å². The number of Topliss-reactive ketones (excluding diaryl/α,β-unsaturated/α-hetero) is 1. The average molecular weight is 275 g/mol. The van der Waals surface area contributed by atoms with Crippen LogP contribution in [-0.4, -0.2) is 12.1 Å². The first-order valence-corrected chi connectivity index (χ1v) is 6.03. The van der Waals surface area contributed by atoms with E-state index >= 15 is 0 Å². The summed E-state index contributed by atoms with van der Waals surface area (Å²) in [5.41, 5.74) is 1.31. The fourth-order valence-electron chi connectivity index (χ4n) is 1.58. The molecule has 0 amide bonds. The molecule has 0 unspecified atom stereocenters. The standard InChI is InChI=1S/C15H11ClO3/c16-13-3-1-2-11(8-13)10-19-14-6-4-12(5-7-14)15(18)9-17/h1-9H,10H2. The summed E-state index contributed by atoms with van der Waals surface area (Å²) in [7, 11) is 0. The van der Waals surface area contributed by atoms with Gasteiger partial charge in [0.25, 0.3) is 0 Å². The normalized spacial score (nSPS) is 9.95. The Morgan fingerprint density at radius 2 is 1.89 bits per heavy atom. The zero-order valence-electron chi connectivity index (χ0n) is 10.0. The summed E-state index contributed by atoms with van der Waals surface area (Å²) in [6.45, 7) is 0.390. The second-order valence-corrected chi connectivity index (χ2v) is 4.36. The monoisotopic (exact) mass is 274 g/mol. The molecule has 0 aliphatic rings. The summed E-state index contributed by atoms with van der Waals surface area (Å²) < 4.78 is 5.56. The molecule has 0 aliphatic heterocycles. The Balaban J connectivity index is 2.00. The maximum absolute atomic E-state index is 11.1. The lowest BCUT2D eigenvalue weighted by atomic mass is 10.1. The minimum Gasteiger partial charge on any atom is -0.489 e. The molecule has 2 rings (SSSR count). The maximum atomic E-state index is 11.1. The van der Waals surface area contributed by atoms with Crippen molar-refractivity contribution in [1.29, 1.82) is 0 Å².